The molecule has 12 heteroatoms. The van der Waals surface area contributed by atoms with Gasteiger partial charge in [-0.2, -0.15) is 0 Å². The van der Waals surface area contributed by atoms with E-state index in [1.54, 1.807) is 42.9 Å². The molecule has 0 bridgehead atoms. The summed E-state index contributed by atoms with van der Waals surface area (Å²) in [5.74, 6) is -3.79. The molecule has 3 aliphatic rings. The van der Waals surface area contributed by atoms with Gasteiger partial charge in [-0.15, -0.1) is 0 Å². The third-order valence-corrected chi connectivity index (χ3v) is 11.2. The molecule has 0 aliphatic carbocycles. The number of amides is 2. The highest BCUT2D eigenvalue weighted by Gasteiger charge is 2.48. The number of carbonyl (C=O) groups excluding carboxylic acids is 2. The summed E-state index contributed by atoms with van der Waals surface area (Å²) >= 11 is 6.80. The van der Waals surface area contributed by atoms with E-state index < -0.39 is 11.8 Å². The third-order valence-electron chi connectivity index (χ3n) is 10.8. The number of anilines is 1. The molecule has 49 heavy (non-hydrogen) atoms. The number of nitrogens with one attached hydrogen (secondary N) is 1. The number of aryl methyl sites for hydroxylation is 1. The first-order valence-electron chi connectivity index (χ1n) is 17.0. The number of aromatic nitrogens is 2. The predicted molar refractivity (Wildman–Crippen MR) is 185 cm³/mol. The van der Waals surface area contributed by atoms with Gasteiger partial charge in [-0.3, -0.25) is 29.6 Å². The third kappa shape index (κ3) is 7.38. The number of ether oxygens (including phenoxy) is 1. The van der Waals surface area contributed by atoms with Crippen LogP contribution in [0, 0.1) is 31.6 Å². The molecule has 3 fully saturated rings. The molecular weight excluding hydrogens is 652 g/mol. The molecule has 1 aromatic carbocycles. The lowest BCUT2D eigenvalue weighted by Crippen LogP contribution is -2.52. The maximum Gasteiger partial charge on any atom is 0.263 e. The van der Waals surface area contributed by atoms with Crippen LogP contribution in [0.1, 0.15) is 54.5 Å². The molecule has 0 spiro atoms. The SMILES string of the molecule is COc1cc(-c2cn(C)c(=O)c(C)c2C)cc(Cl)c1CN1CCC(C2CCN(c3ccc(CC4CCC(=O)NC4=O)nc3)CC2)C(F)(F)C1. The molecule has 3 aliphatic heterocycles. The van der Waals surface area contributed by atoms with E-state index in [0.29, 0.717) is 80.1 Å². The monoisotopic (exact) mass is 695 g/mol. The smallest absolute Gasteiger partial charge is 0.263 e. The Bertz CT molecular complexity index is 1790. The van der Waals surface area contributed by atoms with Crippen molar-refractivity contribution >= 4 is 29.1 Å². The lowest BCUT2D eigenvalue weighted by molar-refractivity contribution is -0.136. The van der Waals surface area contributed by atoms with Crippen LogP contribution in [0.4, 0.5) is 14.5 Å². The van der Waals surface area contributed by atoms with E-state index in [2.05, 4.69) is 15.2 Å². The number of hydrogen-bond donors (Lipinski definition) is 1. The first kappa shape index (κ1) is 35.0. The van der Waals surface area contributed by atoms with Crippen molar-refractivity contribution in [3.05, 3.63) is 74.4 Å². The number of likely N-dealkylation sites (tertiary alicyclic amines) is 1. The molecule has 3 saturated heterocycles. The van der Waals surface area contributed by atoms with E-state index in [1.807, 2.05) is 31.2 Å². The van der Waals surface area contributed by atoms with Gasteiger partial charge in [0, 0.05) is 85.0 Å². The summed E-state index contributed by atoms with van der Waals surface area (Å²) in [5, 5.41) is 2.83. The molecule has 3 aromatic rings. The Balaban J connectivity index is 1.06. The fourth-order valence-corrected chi connectivity index (χ4v) is 8.08. The average molecular weight is 696 g/mol. The molecule has 2 atom stereocenters. The molecule has 6 rings (SSSR count). The van der Waals surface area contributed by atoms with Crippen molar-refractivity contribution in [3.8, 4) is 16.9 Å². The van der Waals surface area contributed by atoms with Crippen LogP contribution >= 0.6 is 11.6 Å². The second kappa shape index (κ2) is 14.2. The number of halogens is 3. The van der Waals surface area contributed by atoms with Crippen LogP contribution in [0.15, 0.2) is 41.5 Å². The highest BCUT2D eigenvalue weighted by Crippen LogP contribution is 2.43. The number of nitrogens with zero attached hydrogens (tertiary/aromatic N) is 4. The van der Waals surface area contributed by atoms with Crippen molar-refractivity contribution in [1.29, 1.82) is 0 Å². The molecule has 9 nitrogen and oxygen atoms in total. The number of alkyl halides is 2. The van der Waals surface area contributed by atoms with E-state index in [-0.39, 0.29) is 42.3 Å². The quantitative estimate of drug-likeness (QED) is 0.303. The fourth-order valence-electron chi connectivity index (χ4n) is 7.81. The zero-order valence-electron chi connectivity index (χ0n) is 28.5. The molecule has 5 heterocycles. The van der Waals surface area contributed by atoms with Gasteiger partial charge in [-0.05, 0) is 87.4 Å². The maximum atomic E-state index is 15.8. The second-order valence-corrected chi connectivity index (χ2v) is 14.3. The fraction of sp³-hybridized carbons (Fsp3) is 0.514. The summed E-state index contributed by atoms with van der Waals surface area (Å²) in [6.07, 6.45) is 6.71. The number of methoxy groups -OCH3 is 1. The van der Waals surface area contributed by atoms with Crippen LogP contribution < -0.4 is 20.5 Å². The number of rotatable bonds is 8. The summed E-state index contributed by atoms with van der Waals surface area (Å²) < 4.78 is 38.9. The highest BCUT2D eigenvalue weighted by atomic mass is 35.5. The topological polar surface area (TPSA) is 96.8 Å². The molecule has 0 saturated carbocycles. The Morgan fingerprint density at radius 3 is 2.45 bits per heavy atom. The summed E-state index contributed by atoms with van der Waals surface area (Å²) in [5.41, 5.74) is 5.54. The molecular formula is C37H44ClF2N5O4. The second-order valence-electron chi connectivity index (χ2n) is 13.9. The van der Waals surface area contributed by atoms with Crippen molar-refractivity contribution in [3.63, 3.8) is 0 Å². The Hall–Kier alpha value is -3.83. The lowest BCUT2D eigenvalue weighted by atomic mass is 9.76. The van der Waals surface area contributed by atoms with Gasteiger partial charge in [0.2, 0.25) is 11.8 Å². The number of benzene rings is 1. The minimum atomic E-state index is -2.84. The summed E-state index contributed by atoms with van der Waals surface area (Å²) in [4.78, 5) is 44.5. The molecule has 2 amide bonds. The molecule has 2 aromatic heterocycles. The summed E-state index contributed by atoms with van der Waals surface area (Å²) in [6.45, 7) is 5.52. The zero-order valence-corrected chi connectivity index (χ0v) is 29.3. The van der Waals surface area contributed by atoms with Gasteiger partial charge in [0.1, 0.15) is 5.75 Å². The summed E-state index contributed by atoms with van der Waals surface area (Å²) in [6, 6.07) is 7.59. The van der Waals surface area contributed by atoms with Gasteiger partial charge < -0.3 is 14.2 Å². The maximum absolute atomic E-state index is 15.8. The number of imide groups is 1. The Morgan fingerprint density at radius 1 is 1.04 bits per heavy atom. The zero-order chi connectivity index (χ0) is 35.0. The molecule has 2 unspecified atom stereocenters. The van der Waals surface area contributed by atoms with Gasteiger partial charge in [0.25, 0.3) is 11.5 Å². The van der Waals surface area contributed by atoms with Crippen molar-refractivity contribution < 1.29 is 23.1 Å². The van der Waals surface area contributed by atoms with Crippen LogP contribution in [0.2, 0.25) is 5.02 Å². The van der Waals surface area contributed by atoms with E-state index >= 15 is 8.78 Å². The number of pyridine rings is 2. The van der Waals surface area contributed by atoms with Crippen LogP contribution in [0.3, 0.4) is 0 Å². The Labute approximate surface area is 290 Å². The molecule has 1 N–H and O–H groups in total. The van der Waals surface area contributed by atoms with Crippen LogP contribution in [-0.4, -0.2) is 65.5 Å². The summed E-state index contributed by atoms with van der Waals surface area (Å²) in [7, 11) is 3.26. The minimum absolute atomic E-state index is 0.0572. The van der Waals surface area contributed by atoms with Crippen LogP contribution in [-0.2, 0) is 29.6 Å². The van der Waals surface area contributed by atoms with Gasteiger partial charge in [-0.25, -0.2) is 8.78 Å². The van der Waals surface area contributed by atoms with Gasteiger partial charge in [-0.1, -0.05) is 11.6 Å². The minimum Gasteiger partial charge on any atom is -0.496 e. The van der Waals surface area contributed by atoms with E-state index in [4.69, 9.17) is 16.3 Å². The van der Waals surface area contributed by atoms with E-state index in [1.165, 1.54) is 0 Å². The standard InChI is InChI=1S/C37H44ClF2N5O4/c1-22-23(2)36(48)43(3)19-29(22)26-16-32(38)30(33(17-26)49-4)20-44-12-11-31(37(39,40)21-44)24-9-13-45(14-10-24)28-7-6-27(41-18-28)15-25-5-8-34(46)42-35(25)47/h6-7,16-19,24-25,31H,5,8-15,20-21H2,1-4H3,(H,42,46,47). The Kier molecular flexibility index (Phi) is 10.1. The first-order valence-corrected chi connectivity index (χ1v) is 17.4. The Morgan fingerprint density at radius 2 is 1.80 bits per heavy atom. The molecule has 262 valence electrons. The lowest BCUT2D eigenvalue weighted by Gasteiger charge is -2.44. The number of carbonyl (C=O) groups is 2. The van der Waals surface area contributed by atoms with Crippen LogP contribution in [0.25, 0.3) is 11.1 Å². The van der Waals surface area contributed by atoms with Crippen molar-refractivity contribution in [2.45, 2.75) is 64.8 Å². The highest BCUT2D eigenvalue weighted by molar-refractivity contribution is 6.32. The first-order chi connectivity index (χ1) is 23.3. The molecule has 0 radical (unpaired) electrons. The van der Waals surface area contributed by atoms with Crippen LogP contribution in [0.5, 0.6) is 5.75 Å². The van der Waals surface area contributed by atoms with Crippen molar-refractivity contribution in [2.75, 3.05) is 38.2 Å². The van der Waals surface area contributed by atoms with E-state index in [0.717, 1.165) is 28.1 Å². The van der Waals surface area contributed by atoms with Crippen molar-refractivity contribution in [1.82, 2.24) is 19.8 Å². The average Bonchev–Trinajstić information content (AvgIpc) is 3.07. The van der Waals surface area contributed by atoms with Gasteiger partial charge in [0.15, 0.2) is 0 Å². The predicted octanol–water partition coefficient (Wildman–Crippen LogP) is 5.70. The largest absolute Gasteiger partial charge is 0.496 e. The van der Waals surface area contributed by atoms with Crippen molar-refractivity contribution in [2.24, 2.45) is 24.8 Å². The van der Waals surface area contributed by atoms with E-state index in [9.17, 15) is 14.4 Å². The number of piperidine rings is 3. The normalized spacial score (nSPS) is 21.9. The van der Waals surface area contributed by atoms with Gasteiger partial charge >= 0.3 is 0 Å². The number of hydrogen-bond acceptors (Lipinski definition) is 7. The van der Waals surface area contributed by atoms with Gasteiger partial charge in [0.05, 0.1) is 25.5 Å².